The number of carbonyl (C=O) groups is 1. The van der Waals surface area contributed by atoms with Crippen molar-refractivity contribution in [3.05, 3.63) is 0 Å². The monoisotopic (exact) mass is 214 g/mol. The van der Waals surface area contributed by atoms with Gasteiger partial charge in [-0.1, -0.05) is 13.3 Å². The van der Waals surface area contributed by atoms with Crippen LogP contribution in [0.2, 0.25) is 0 Å². The fourth-order valence-electron chi connectivity index (χ4n) is 1.90. The average Bonchev–Trinajstić information content (AvgIpc) is 2.14. The Labute approximate surface area is 91.2 Å². The standard InChI is InChI=1S/C11H22N2O2/c1-9(3-6-14)7-13-10(15)11(8-12)4-2-5-11/h9,14H,2-8,12H2,1H3,(H,13,15). The third kappa shape index (κ3) is 2.92. The van der Waals surface area contributed by atoms with Gasteiger partial charge in [-0.2, -0.15) is 0 Å². The first-order valence-electron chi connectivity index (χ1n) is 5.74. The van der Waals surface area contributed by atoms with Crippen molar-refractivity contribution in [1.29, 1.82) is 0 Å². The molecular formula is C11H22N2O2. The Morgan fingerprint density at radius 2 is 2.27 bits per heavy atom. The zero-order chi connectivity index (χ0) is 11.3. The van der Waals surface area contributed by atoms with Gasteiger partial charge in [0.05, 0.1) is 5.41 Å². The number of nitrogens with one attached hydrogen (secondary N) is 1. The van der Waals surface area contributed by atoms with Crippen LogP contribution in [-0.4, -0.2) is 30.7 Å². The summed E-state index contributed by atoms with van der Waals surface area (Å²) >= 11 is 0. The van der Waals surface area contributed by atoms with Crippen molar-refractivity contribution in [2.75, 3.05) is 19.7 Å². The zero-order valence-electron chi connectivity index (χ0n) is 9.46. The van der Waals surface area contributed by atoms with E-state index in [1.807, 2.05) is 6.92 Å². The van der Waals surface area contributed by atoms with Crippen molar-refractivity contribution in [3.8, 4) is 0 Å². The van der Waals surface area contributed by atoms with E-state index in [1.54, 1.807) is 0 Å². The number of aliphatic hydroxyl groups is 1. The van der Waals surface area contributed by atoms with Crippen LogP contribution < -0.4 is 11.1 Å². The van der Waals surface area contributed by atoms with Crippen LogP contribution in [0.3, 0.4) is 0 Å². The van der Waals surface area contributed by atoms with Crippen molar-refractivity contribution in [2.24, 2.45) is 17.1 Å². The van der Waals surface area contributed by atoms with Crippen LogP contribution in [0.25, 0.3) is 0 Å². The SMILES string of the molecule is CC(CCO)CNC(=O)C1(CN)CCC1. The summed E-state index contributed by atoms with van der Waals surface area (Å²) in [4.78, 5) is 11.8. The summed E-state index contributed by atoms with van der Waals surface area (Å²) in [5.41, 5.74) is 5.36. The molecular weight excluding hydrogens is 192 g/mol. The number of nitrogens with two attached hydrogens (primary N) is 1. The predicted molar refractivity (Wildman–Crippen MR) is 59.2 cm³/mol. The van der Waals surface area contributed by atoms with E-state index in [1.165, 1.54) is 0 Å². The molecule has 0 aromatic rings. The largest absolute Gasteiger partial charge is 0.396 e. The number of hydrogen-bond donors (Lipinski definition) is 3. The summed E-state index contributed by atoms with van der Waals surface area (Å²) in [6, 6.07) is 0. The van der Waals surface area contributed by atoms with E-state index in [0.29, 0.717) is 19.0 Å². The van der Waals surface area contributed by atoms with Crippen molar-refractivity contribution in [1.82, 2.24) is 5.32 Å². The Hall–Kier alpha value is -0.610. The van der Waals surface area contributed by atoms with E-state index in [0.717, 1.165) is 25.7 Å². The summed E-state index contributed by atoms with van der Waals surface area (Å²) in [5.74, 6) is 0.426. The molecule has 0 aromatic carbocycles. The average molecular weight is 214 g/mol. The number of amides is 1. The summed E-state index contributed by atoms with van der Waals surface area (Å²) in [7, 11) is 0. The van der Waals surface area contributed by atoms with E-state index >= 15 is 0 Å². The second-order valence-electron chi connectivity index (χ2n) is 4.67. The van der Waals surface area contributed by atoms with Gasteiger partial charge in [0, 0.05) is 19.7 Å². The molecule has 0 heterocycles. The van der Waals surface area contributed by atoms with Gasteiger partial charge in [0.1, 0.15) is 0 Å². The molecule has 0 aliphatic heterocycles. The van der Waals surface area contributed by atoms with Crippen LogP contribution in [0.15, 0.2) is 0 Å². The topological polar surface area (TPSA) is 75.3 Å². The molecule has 1 rings (SSSR count). The Morgan fingerprint density at radius 1 is 1.60 bits per heavy atom. The summed E-state index contributed by atoms with van der Waals surface area (Å²) in [6.07, 6.45) is 3.68. The Bertz CT molecular complexity index is 209. The molecule has 0 radical (unpaired) electrons. The number of carbonyl (C=O) groups excluding carboxylic acids is 1. The first-order valence-corrected chi connectivity index (χ1v) is 5.74. The Kier molecular flexibility index (Phi) is 4.54. The Morgan fingerprint density at radius 3 is 2.67 bits per heavy atom. The first kappa shape index (κ1) is 12.5. The fourth-order valence-corrected chi connectivity index (χ4v) is 1.90. The highest BCUT2D eigenvalue weighted by Gasteiger charge is 2.42. The molecule has 0 saturated heterocycles. The van der Waals surface area contributed by atoms with E-state index in [-0.39, 0.29) is 17.9 Å². The van der Waals surface area contributed by atoms with Gasteiger partial charge in [-0.05, 0) is 25.2 Å². The van der Waals surface area contributed by atoms with E-state index in [4.69, 9.17) is 10.8 Å². The predicted octanol–water partition coefficient (Wildman–Crippen LogP) is 0.250. The van der Waals surface area contributed by atoms with Gasteiger partial charge in [-0.3, -0.25) is 4.79 Å². The first-order chi connectivity index (χ1) is 7.14. The molecule has 4 N–H and O–H groups in total. The summed E-state index contributed by atoms with van der Waals surface area (Å²) in [5, 5.41) is 11.7. The summed E-state index contributed by atoms with van der Waals surface area (Å²) < 4.78 is 0. The molecule has 4 heteroatoms. The lowest BCUT2D eigenvalue weighted by Gasteiger charge is -2.39. The molecule has 1 aliphatic carbocycles. The summed E-state index contributed by atoms with van der Waals surface area (Å²) in [6.45, 7) is 3.29. The van der Waals surface area contributed by atoms with Gasteiger partial charge in [0.2, 0.25) is 5.91 Å². The lowest BCUT2D eigenvalue weighted by atomic mass is 9.68. The maximum absolute atomic E-state index is 11.8. The molecule has 88 valence electrons. The third-order valence-electron chi connectivity index (χ3n) is 3.42. The van der Waals surface area contributed by atoms with Crippen LogP contribution >= 0.6 is 0 Å². The molecule has 1 fully saturated rings. The molecule has 1 saturated carbocycles. The molecule has 1 amide bonds. The maximum atomic E-state index is 11.8. The van der Waals surface area contributed by atoms with Crippen molar-refractivity contribution in [2.45, 2.75) is 32.6 Å². The van der Waals surface area contributed by atoms with Gasteiger partial charge in [0.25, 0.3) is 0 Å². The fraction of sp³-hybridized carbons (Fsp3) is 0.909. The van der Waals surface area contributed by atoms with Crippen LogP contribution in [0.4, 0.5) is 0 Å². The molecule has 4 nitrogen and oxygen atoms in total. The normalized spacial score (nSPS) is 20.5. The second kappa shape index (κ2) is 5.47. The molecule has 1 atom stereocenters. The third-order valence-corrected chi connectivity index (χ3v) is 3.42. The quantitative estimate of drug-likeness (QED) is 0.593. The van der Waals surface area contributed by atoms with Crippen molar-refractivity contribution in [3.63, 3.8) is 0 Å². The lowest BCUT2D eigenvalue weighted by Crippen LogP contribution is -2.51. The lowest BCUT2D eigenvalue weighted by molar-refractivity contribution is -0.135. The highest BCUT2D eigenvalue weighted by atomic mass is 16.3. The number of rotatable bonds is 6. The van der Waals surface area contributed by atoms with Crippen molar-refractivity contribution >= 4 is 5.91 Å². The van der Waals surface area contributed by atoms with Gasteiger partial charge in [-0.25, -0.2) is 0 Å². The molecule has 1 unspecified atom stereocenters. The minimum atomic E-state index is -0.279. The van der Waals surface area contributed by atoms with Crippen LogP contribution in [0, 0.1) is 11.3 Å². The second-order valence-corrected chi connectivity index (χ2v) is 4.67. The van der Waals surface area contributed by atoms with Gasteiger partial charge in [-0.15, -0.1) is 0 Å². The molecule has 0 spiro atoms. The van der Waals surface area contributed by atoms with Crippen LogP contribution in [0.5, 0.6) is 0 Å². The highest BCUT2D eigenvalue weighted by molar-refractivity contribution is 5.83. The van der Waals surface area contributed by atoms with Crippen LogP contribution in [-0.2, 0) is 4.79 Å². The molecule has 1 aliphatic rings. The van der Waals surface area contributed by atoms with Gasteiger partial charge >= 0.3 is 0 Å². The number of hydrogen-bond acceptors (Lipinski definition) is 3. The zero-order valence-corrected chi connectivity index (χ0v) is 9.46. The maximum Gasteiger partial charge on any atom is 0.227 e. The smallest absolute Gasteiger partial charge is 0.227 e. The van der Waals surface area contributed by atoms with Crippen molar-refractivity contribution < 1.29 is 9.90 Å². The Balaban J connectivity index is 2.29. The highest BCUT2D eigenvalue weighted by Crippen LogP contribution is 2.39. The minimum Gasteiger partial charge on any atom is -0.396 e. The minimum absolute atomic E-state index is 0.0982. The molecule has 0 bridgehead atoms. The molecule has 15 heavy (non-hydrogen) atoms. The van der Waals surface area contributed by atoms with E-state index in [9.17, 15) is 4.79 Å². The number of aliphatic hydroxyl groups excluding tert-OH is 1. The van der Waals surface area contributed by atoms with Gasteiger partial charge in [0.15, 0.2) is 0 Å². The molecule has 0 aromatic heterocycles. The van der Waals surface area contributed by atoms with Crippen LogP contribution in [0.1, 0.15) is 32.6 Å². The van der Waals surface area contributed by atoms with E-state index in [2.05, 4.69) is 5.32 Å². The van der Waals surface area contributed by atoms with Gasteiger partial charge < -0.3 is 16.2 Å². The van der Waals surface area contributed by atoms with E-state index < -0.39 is 0 Å².